The molecule has 2 rings (SSSR count). The molecule has 2 heterocycles. The number of nitrogens with two attached hydrogens (primary N) is 1. The molecule has 5 nitrogen and oxygen atoms in total. The van der Waals surface area contributed by atoms with Crippen LogP contribution in [0.15, 0.2) is 4.42 Å². The van der Waals surface area contributed by atoms with Gasteiger partial charge in [-0.25, -0.2) is 4.98 Å². The van der Waals surface area contributed by atoms with E-state index in [0.717, 1.165) is 11.5 Å². The summed E-state index contributed by atoms with van der Waals surface area (Å²) in [5.74, 6) is 1.48. The predicted molar refractivity (Wildman–Crippen MR) is 54.0 cm³/mol. The zero-order chi connectivity index (χ0) is 11.0. The van der Waals surface area contributed by atoms with E-state index in [4.69, 9.17) is 10.2 Å². The van der Waals surface area contributed by atoms with Crippen LogP contribution in [-0.4, -0.2) is 28.4 Å². The fraction of sp³-hybridized carbons (Fsp3) is 0.600. The highest BCUT2D eigenvalue weighted by Gasteiger charge is 2.27. The number of carbonyl (C=O) groups is 1. The van der Waals surface area contributed by atoms with Gasteiger partial charge in [0.2, 0.25) is 11.8 Å². The Labute approximate surface area is 88.3 Å². The molecule has 1 aromatic rings. The maximum atomic E-state index is 11.5. The molecule has 82 valence electrons. The van der Waals surface area contributed by atoms with Crippen LogP contribution >= 0.6 is 0 Å². The summed E-state index contributed by atoms with van der Waals surface area (Å²) in [5, 5.41) is 0. The average Bonchev–Trinajstić information content (AvgIpc) is 2.59. The maximum Gasteiger partial charge on any atom is 0.224 e. The molecular weight excluding hydrogens is 194 g/mol. The Balaban J connectivity index is 2.06. The molecule has 0 radical (unpaired) electrons. The summed E-state index contributed by atoms with van der Waals surface area (Å²) in [6.45, 7) is 4.78. The van der Waals surface area contributed by atoms with Crippen LogP contribution in [0.5, 0.6) is 0 Å². The van der Waals surface area contributed by atoms with Crippen LogP contribution in [0.3, 0.4) is 0 Å². The lowest BCUT2D eigenvalue weighted by molar-refractivity contribution is -0.128. The zero-order valence-corrected chi connectivity index (χ0v) is 8.99. The molecule has 0 bridgehead atoms. The van der Waals surface area contributed by atoms with Gasteiger partial charge in [0.05, 0.1) is 12.2 Å². The molecule has 1 fully saturated rings. The molecular formula is C10H15N3O2. The summed E-state index contributed by atoms with van der Waals surface area (Å²) >= 11 is 0. The first-order valence-corrected chi connectivity index (χ1v) is 5.02. The Morgan fingerprint density at radius 2 is 2.33 bits per heavy atom. The molecule has 15 heavy (non-hydrogen) atoms. The largest absolute Gasteiger partial charge is 0.444 e. The summed E-state index contributed by atoms with van der Waals surface area (Å²) in [4.78, 5) is 17.4. The molecule has 1 atom stereocenters. The van der Waals surface area contributed by atoms with Gasteiger partial charge in [0.15, 0.2) is 0 Å². The van der Waals surface area contributed by atoms with Crippen molar-refractivity contribution in [2.24, 2.45) is 5.73 Å². The average molecular weight is 209 g/mol. The van der Waals surface area contributed by atoms with Crippen molar-refractivity contribution in [3.05, 3.63) is 17.3 Å². The number of nitrogens with zero attached hydrogens (tertiary/aromatic N) is 2. The van der Waals surface area contributed by atoms with Gasteiger partial charge in [0.25, 0.3) is 0 Å². The molecule has 1 amide bonds. The van der Waals surface area contributed by atoms with E-state index in [1.165, 1.54) is 0 Å². The second kappa shape index (κ2) is 3.66. The Hall–Kier alpha value is -1.36. The summed E-state index contributed by atoms with van der Waals surface area (Å²) in [6.07, 6.45) is 0.429. The highest BCUT2D eigenvalue weighted by atomic mass is 16.4. The van der Waals surface area contributed by atoms with Crippen molar-refractivity contribution in [1.29, 1.82) is 0 Å². The molecule has 1 unspecified atom stereocenters. The maximum absolute atomic E-state index is 11.5. The van der Waals surface area contributed by atoms with Gasteiger partial charge in [0.1, 0.15) is 5.76 Å². The minimum atomic E-state index is -0.0466. The molecule has 1 aliphatic rings. The fourth-order valence-corrected chi connectivity index (χ4v) is 1.73. The Morgan fingerprint density at radius 1 is 1.60 bits per heavy atom. The van der Waals surface area contributed by atoms with Crippen LogP contribution in [0.25, 0.3) is 0 Å². The van der Waals surface area contributed by atoms with Crippen molar-refractivity contribution in [2.75, 3.05) is 6.54 Å². The Morgan fingerprint density at radius 3 is 2.80 bits per heavy atom. The van der Waals surface area contributed by atoms with Gasteiger partial charge >= 0.3 is 0 Å². The van der Waals surface area contributed by atoms with Crippen molar-refractivity contribution >= 4 is 5.91 Å². The first-order valence-electron chi connectivity index (χ1n) is 5.02. The fourth-order valence-electron chi connectivity index (χ4n) is 1.73. The second-order valence-electron chi connectivity index (χ2n) is 3.99. The monoisotopic (exact) mass is 209 g/mol. The number of aryl methyl sites for hydroxylation is 2. The first-order chi connectivity index (χ1) is 7.06. The minimum Gasteiger partial charge on any atom is -0.444 e. The number of hydrogen-bond donors (Lipinski definition) is 1. The van der Waals surface area contributed by atoms with Crippen LogP contribution < -0.4 is 5.73 Å². The van der Waals surface area contributed by atoms with Crippen LogP contribution in [-0.2, 0) is 11.3 Å². The lowest BCUT2D eigenvalue weighted by Gasteiger charge is -2.12. The normalized spacial score (nSPS) is 21.4. The van der Waals surface area contributed by atoms with Crippen molar-refractivity contribution in [3.8, 4) is 0 Å². The number of oxazole rings is 1. The number of aromatic nitrogens is 1. The summed E-state index contributed by atoms with van der Waals surface area (Å²) < 4.78 is 5.41. The van der Waals surface area contributed by atoms with Crippen LogP contribution in [0, 0.1) is 13.8 Å². The number of likely N-dealkylation sites (tertiary alicyclic amines) is 1. The van der Waals surface area contributed by atoms with E-state index in [2.05, 4.69) is 4.98 Å². The third-order valence-corrected chi connectivity index (χ3v) is 2.64. The first kappa shape index (κ1) is 10.2. The molecule has 1 saturated heterocycles. The summed E-state index contributed by atoms with van der Waals surface area (Å²) in [6, 6.07) is -0.0466. The molecule has 0 aliphatic carbocycles. The predicted octanol–water partition coefficient (Wildman–Crippen LogP) is 0.351. The molecule has 0 aromatic carbocycles. The third-order valence-electron chi connectivity index (χ3n) is 2.64. The topological polar surface area (TPSA) is 72.4 Å². The van der Waals surface area contributed by atoms with E-state index in [1.54, 1.807) is 4.90 Å². The van der Waals surface area contributed by atoms with Gasteiger partial charge in [-0.3, -0.25) is 4.79 Å². The number of amides is 1. The van der Waals surface area contributed by atoms with Gasteiger partial charge in [-0.05, 0) is 13.8 Å². The molecule has 2 N–H and O–H groups in total. The Kier molecular flexibility index (Phi) is 2.48. The molecule has 5 heteroatoms. The van der Waals surface area contributed by atoms with Crippen molar-refractivity contribution in [2.45, 2.75) is 32.9 Å². The smallest absolute Gasteiger partial charge is 0.224 e. The summed E-state index contributed by atoms with van der Waals surface area (Å²) in [5.41, 5.74) is 6.57. The van der Waals surface area contributed by atoms with Crippen LogP contribution in [0.2, 0.25) is 0 Å². The second-order valence-corrected chi connectivity index (χ2v) is 3.99. The van der Waals surface area contributed by atoms with Crippen molar-refractivity contribution < 1.29 is 9.21 Å². The van der Waals surface area contributed by atoms with Crippen LogP contribution in [0.1, 0.15) is 23.8 Å². The standard InChI is InChI=1S/C10H15N3O2/c1-6-7(2)15-9(12-6)5-13-4-8(11)3-10(13)14/h8H,3-5,11H2,1-2H3. The van der Waals surface area contributed by atoms with E-state index in [0.29, 0.717) is 25.4 Å². The highest BCUT2D eigenvalue weighted by Crippen LogP contribution is 2.15. The highest BCUT2D eigenvalue weighted by molar-refractivity contribution is 5.79. The van der Waals surface area contributed by atoms with Crippen molar-refractivity contribution in [3.63, 3.8) is 0 Å². The van der Waals surface area contributed by atoms with Gasteiger partial charge in [-0.1, -0.05) is 0 Å². The summed E-state index contributed by atoms with van der Waals surface area (Å²) in [7, 11) is 0. The van der Waals surface area contributed by atoms with E-state index in [-0.39, 0.29) is 11.9 Å². The number of carbonyl (C=O) groups excluding carboxylic acids is 1. The lowest BCUT2D eigenvalue weighted by Crippen LogP contribution is -2.27. The third kappa shape index (κ3) is 2.02. The SMILES string of the molecule is Cc1nc(CN2CC(N)CC2=O)oc1C. The lowest BCUT2D eigenvalue weighted by atomic mass is 10.3. The van der Waals surface area contributed by atoms with Gasteiger partial charge in [-0.2, -0.15) is 0 Å². The van der Waals surface area contributed by atoms with Gasteiger partial charge in [0, 0.05) is 19.0 Å². The van der Waals surface area contributed by atoms with E-state index in [9.17, 15) is 4.79 Å². The number of rotatable bonds is 2. The molecule has 0 spiro atoms. The number of hydrogen-bond acceptors (Lipinski definition) is 4. The molecule has 1 aromatic heterocycles. The molecule has 0 saturated carbocycles. The van der Waals surface area contributed by atoms with Gasteiger partial charge < -0.3 is 15.1 Å². The molecule has 1 aliphatic heterocycles. The van der Waals surface area contributed by atoms with Gasteiger partial charge in [-0.15, -0.1) is 0 Å². The van der Waals surface area contributed by atoms with Crippen molar-refractivity contribution in [1.82, 2.24) is 9.88 Å². The van der Waals surface area contributed by atoms with E-state index >= 15 is 0 Å². The van der Waals surface area contributed by atoms with Crippen LogP contribution in [0.4, 0.5) is 0 Å². The zero-order valence-electron chi connectivity index (χ0n) is 8.99. The van der Waals surface area contributed by atoms with E-state index in [1.807, 2.05) is 13.8 Å². The van der Waals surface area contributed by atoms with E-state index < -0.39 is 0 Å². The quantitative estimate of drug-likeness (QED) is 0.762. The minimum absolute atomic E-state index is 0.0466. The Bertz CT molecular complexity index is 367.